The minimum Gasteiger partial charge on any atom is -0.384 e. The molecule has 0 aliphatic rings. The number of thioether (sulfide) groups is 1. The van der Waals surface area contributed by atoms with Gasteiger partial charge >= 0.3 is 5.69 Å². The van der Waals surface area contributed by atoms with Gasteiger partial charge < -0.3 is 10.7 Å². The van der Waals surface area contributed by atoms with Crippen LogP contribution in [0.2, 0.25) is 0 Å². The fourth-order valence-corrected chi connectivity index (χ4v) is 3.43. The third-order valence-electron chi connectivity index (χ3n) is 3.92. The lowest BCUT2D eigenvalue weighted by molar-refractivity contribution is 0.102. The van der Waals surface area contributed by atoms with E-state index in [9.17, 15) is 14.4 Å². The number of Topliss-reactive ketones (excluding diaryl/α,β-unsaturated/α-hetero) is 1. The van der Waals surface area contributed by atoms with Crippen molar-refractivity contribution in [3.05, 3.63) is 50.2 Å². The Labute approximate surface area is 152 Å². The van der Waals surface area contributed by atoms with E-state index in [1.807, 2.05) is 32.0 Å². The van der Waals surface area contributed by atoms with Gasteiger partial charge in [0.2, 0.25) is 0 Å². The molecule has 4 N–H and O–H groups in total. The lowest BCUT2D eigenvalue weighted by Crippen LogP contribution is -2.36. The zero-order chi connectivity index (χ0) is 18.8. The fraction of sp³-hybridized carbons (Fsp3) is 0.294. The summed E-state index contributed by atoms with van der Waals surface area (Å²) in [6, 6.07) is 5.83. The number of hydrogen-bond acceptors (Lipinski definition) is 6. The molecule has 9 heteroatoms. The zero-order valence-electron chi connectivity index (χ0n) is 14.5. The molecule has 8 nitrogen and oxygen atoms in total. The number of aromatic amines is 2. The van der Waals surface area contributed by atoms with Crippen LogP contribution in [0.15, 0.2) is 32.9 Å². The largest absolute Gasteiger partial charge is 0.384 e. The average Bonchev–Trinajstić information content (AvgIpc) is 2.98. The molecule has 2 heterocycles. The summed E-state index contributed by atoms with van der Waals surface area (Å²) in [5.74, 6) is -0.558. The van der Waals surface area contributed by atoms with Crippen molar-refractivity contribution in [2.45, 2.75) is 32.0 Å². The van der Waals surface area contributed by atoms with Crippen molar-refractivity contribution in [1.29, 1.82) is 0 Å². The smallest absolute Gasteiger partial charge is 0.329 e. The summed E-state index contributed by atoms with van der Waals surface area (Å²) in [6.45, 7) is 4.19. The Kier molecular flexibility index (Phi) is 4.99. The highest BCUT2D eigenvalue weighted by Gasteiger charge is 2.19. The highest BCUT2D eigenvalue weighted by molar-refractivity contribution is 7.99. The summed E-state index contributed by atoms with van der Waals surface area (Å²) in [4.78, 5) is 46.1. The van der Waals surface area contributed by atoms with E-state index in [1.165, 1.54) is 16.3 Å². The number of imidazole rings is 1. The Morgan fingerprint density at radius 2 is 2.08 bits per heavy atom. The van der Waals surface area contributed by atoms with Crippen LogP contribution < -0.4 is 17.0 Å². The number of H-pyrrole nitrogens is 2. The SMILES string of the molecule is CCCn1c(N)c(C(=O)CSc2nc3ccc(C)cc3[nH]2)c(=O)[nH]c1=O. The quantitative estimate of drug-likeness (QED) is 0.446. The van der Waals surface area contributed by atoms with Crippen LogP contribution in [0.4, 0.5) is 5.82 Å². The van der Waals surface area contributed by atoms with Crippen molar-refractivity contribution < 1.29 is 4.79 Å². The summed E-state index contributed by atoms with van der Waals surface area (Å²) < 4.78 is 1.21. The average molecular weight is 373 g/mol. The van der Waals surface area contributed by atoms with Gasteiger partial charge in [-0.2, -0.15) is 0 Å². The first-order valence-corrected chi connectivity index (χ1v) is 9.14. The minimum absolute atomic E-state index is 0.0174. The maximum atomic E-state index is 12.5. The maximum absolute atomic E-state index is 12.5. The number of hydrogen-bond donors (Lipinski definition) is 3. The van der Waals surface area contributed by atoms with E-state index in [-0.39, 0.29) is 17.1 Å². The van der Waals surface area contributed by atoms with Gasteiger partial charge in [0.1, 0.15) is 11.4 Å². The van der Waals surface area contributed by atoms with Gasteiger partial charge in [0.05, 0.1) is 16.8 Å². The first-order valence-electron chi connectivity index (χ1n) is 8.15. The van der Waals surface area contributed by atoms with Crippen LogP contribution in [0.3, 0.4) is 0 Å². The first kappa shape index (κ1) is 18.0. The number of nitrogens with zero attached hydrogens (tertiary/aromatic N) is 2. The van der Waals surface area contributed by atoms with E-state index < -0.39 is 17.0 Å². The van der Waals surface area contributed by atoms with Gasteiger partial charge in [-0.3, -0.25) is 19.1 Å². The third kappa shape index (κ3) is 3.43. The number of nitrogens with two attached hydrogens (primary N) is 1. The molecule has 136 valence electrons. The zero-order valence-corrected chi connectivity index (χ0v) is 15.3. The van der Waals surface area contributed by atoms with Crippen molar-refractivity contribution in [2.75, 3.05) is 11.5 Å². The number of aryl methyl sites for hydroxylation is 1. The predicted octanol–water partition coefficient (Wildman–Crippen LogP) is 1.69. The standard InChI is InChI=1S/C17H19N5O3S/c1-3-6-22-14(18)13(15(24)21-17(22)25)12(23)8-26-16-19-10-5-4-9(2)7-11(10)20-16/h4-5,7H,3,6,8,18H2,1-2H3,(H,19,20)(H,21,24,25). The summed E-state index contributed by atoms with van der Waals surface area (Å²) in [5, 5.41) is 0.579. The number of ketones is 1. The second-order valence-electron chi connectivity index (χ2n) is 5.95. The van der Waals surface area contributed by atoms with Crippen molar-refractivity contribution in [3.63, 3.8) is 0 Å². The Balaban J connectivity index is 1.84. The van der Waals surface area contributed by atoms with Crippen molar-refractivity contribution in [3.8, 4) is 0 Å². The van der Waals surface area contributed by atoms with Gasteiger partial charge in [-0.25, -0.2) is 9.78 Å². The molecule has 0 aliphatic carbocycles. The molecule has 3 rings (SSSR count). The Bertz CT molecular complexity index is 1100. The number of anilines is 1. The molecular formula is C17H19N5O3S. The third-order valence-corrected chi connectivity index (χ3v) is 4.79. The monoisotopic (exact) mass is 373 g/mol. The number of nitrogens with one attached hydrogen (secondary N) is 2. The number of carbonyl (C=O) groups excluding carboxylic acids is 1. The van der Waals surface area contributed by atoms with Crippen LogP contribution in [0, 0.1) is 6.92 Å². The predicted molar refractivity (Wildman–Crippen MR) is 102 cm³/mol. The molecule has 0 radical (unpaired) electrons. The van der Waals surface area contributed by atoms with Crippen molar-refractivity contribution in [1.82, 2.24) is 19.5 Å². The number of rotatable bonds is 6. The molecule has 26 heavy (non-hydrogen) atoms. The molecule has 0 unspecified atom stereocenters. The van der Waals surface area contributed by atoms with Gasteiger partial charge in [-0.05, 0) is 31.0 Å². The second-order valence-corrected chi connectivity index (χ2v) is 6.91. The molecule has 3 aromatic rings. The highest BCUT2D eigenvalue weighted by Crippen LogP contribution is 2.21. The van der Waals surface area contributed by atoms with Crippen LogP contribution in [0.1, 0.15) is 29.3 Å². The normalized spacial score (nSPS) is 11.2. The van der Waals surface area contributed by atoms with Gasteiger partial charge in [0.25, 0.3) is 5.56 Å². The van der Waals surface area contributed by atoms with Crippen LogP contribution in [0.5, 0.6) is 0 Å². The first-order chi connectivity index (χ1) is 12.4. The lowest BCUT2D eigenvalue weighted by Gasteiger charge is -2.10. The highest BCUT2D eigenvalue weighted by atomic mass is 32.2. The summed E-state index contributed by atoms with van der Waals surface area (Å²) in [5.41, 5.74) is 7.15. The van der Waals surface area contributed by atoms with E-state index in [4.69, 9.17) is 5.73 Å². The summed E-state index contributed by atoms with van der Waals surface area (Å²) in [6.07, 6.45) is 0.650. The van der Waals surface area contributed by atoms with Crippen LogP contribution >= 0.6 is 11.8 Å². The Morgan fingerprint density at radius 3 is 2.81 bits per heavy atom. The summed E-state index contributed by atoms with van der Waals surface area (Å²) in [7, 11) is 0. The van der Waals surface area contributed by atoms with E-state index in [0.717, 1.165) is 16.6 Å². The number of aromatic nitrogens is 4. The van der Waals surface area contributed by atoms with Crippen LogP contribution in [-0.2, 0) is 6.54 Å². The van der Waals surface area contributed by atoms with Crippen molar-refractivity contribution >= 4 is 34.4 Å². The number of fused-ring (bicyclic) bond motifs is 1. The summed E-state index contributed by atoms with van der Waals surface area (Å²) >= 11 is 1.18. The molecule has 0 aliphatic heterocycles. The van der Waals surface area contributed by atoms with Crippen molar-refractivity contribution in [2.24, 2.45) is 0 Å². The molecule has 0 spiro atoms. The van der Waals surface area contributed by atoms with Gasteiger partial charge in [0.15, 0.2) is 10.9 Å². The second kappa shape index (κ2) is 7.20. The van der Waals surface area contributed by atoms with E-state index >= 15 is 0 Å². The molecule has 0 saturated heterocycles. The number of benzene rings is 1. The molecule has 1 aromatic carbocycles. The number of nitrogen functional groups attached to an aromatic ring is 1. The molecule has 0 amide bonds. The van der Waals surface area contributed by atoms with E-state index in [2.05, 4.69) is 15.0 Å². The van der Waals surface area contributed by atoms with Crippen LogP contribution in [-0.4, -0.2) is 31.1 Å². The number of carbonyl (C=O) groups is 1. The Hall–Kier alpha value is -2.81. The molecular weight excluding hydrogens is 354 g/mol. The van der Waals surface area contributed by atoms with Crippen LogP contribution in [0.25, 0.3) is 11.0 Å². The fourth-order valence-electron chi connectivity index (χ4n) is 2.68. The van der Waals surface area contributed by atoms with E-state index in [1.54, 1.807) is 0 Å². The Morgan fingerprint density at radius 1 is 1.31 bits per heavy atom. The molecule has 0 saturated carbocycles. The van der Waals surface area contributed by atoms with Gasteiger partial charge in [-0.15, -0.1) is 0 Å². The molecule has 0 fully saturated rings. The molecule has 0 atom stereocenters. The van der Waals surface area contributed by atoms with E-state index in [0.29, 0.717) is 18.1 Å². The topological polar surface area (TPSA) is 127 Å². The molecule has 0 bridgehead atoms. The van der Waals surface area contributed by atoms with Gasteiger partial charge in [-0.1, -0.05) is 24.8 Å². The lowest BCUT2D eigenvalue weighted by atomic mass is 10.2. The molecule has 2 aromatic heterocycles. The maximum Gasteiger partial charge on any atom is 0.329 e. The minimum atomic E-state index is -0.759. The van der Waals surface area contributed by atoms with Gasteiger partial charge in [0, 0.05) is 6.54 Å².